The Bertz CT molecular complexity index is 1250. The highest BCUT2D eigenvalue weighted by atomic mass is 35.5. The molecule has 3 aromatic carbocycles. The molecule has 8 heteroatoms. The Morgan fingerprint density at radius 2 is 1.82 bits per heavy atom. The van der Waals surface area contributed by atoms with Gasteiger partial charge in [-0.2, -0.15) is 0 Å². The third-order valence-electron chi connectivity index (χ3n) is 5.12. The van der Waals surface area contributed by atoms with Gasteiger partial charge >= 0.3 is 5.97 Å². The van der Waals surface area contributed by atoms with Crippen molar-refractivity contribution in [3.63, 3.8) is 0 Å². The predicted octanol–water partition coefficient (Wildman–Crippen LogP) is 5.62. The van der Waals surface area contributed by atoms with Crippen LogP contribution in [-0.4, -0.2) is 23.3 Å². The maximum Gasteiger partial charge on any atom is 0.363 e. The van der Waals surface area contributed by atoms with Crippen LogP contribution in [0.5, 0.6) is 0 Å². The fraction of sp³-hybridized carbons (Fsp3) is 0.120. The Labute approximate surface area is 195 Å². The molecule has 0 amide bonds. The molecule has 0 aliphatic carbocycles. The molecular formula is C25H20ClN3O4. The van der Waals surface area contributed by atoms with Gasteiger partial charge in [0.25, 0.3) is 5.69 Å². The van der Waals surface area contributed by atoms with Gasteiger partial charge in [0.1, 0.15) is 0 Å². The van der Waals surface area contributed by atoms with Crippen LogP contribution in [0.25, 0.3) is 6.08 Å². The lowest BCUT2D eigenvalue weighted by Gasteiger charge is -2.23. The summed E-state index contributed by atoms with van der Waals surface area (Å²) in [5, 5.41) is 11.2. The average Bonchev–Trinajstić information content (AvgIpc) is 3.18. The number of carbonyl (C=O) groups excluding carboxylic acids is 1. The predicted molar refractivity (Wildman–Crippen MR) is 128 cm³/mol. The van der Waals surface area contributed by atoms with Gasteiger partial charge in [-0.15, -0.1) is 0 Å². The SMILES string of the molecule is CCN(Cc1ccccc1)c1ccc(/C=C2\N=C(c3cc(Cl)cc([N+](=O)[O-])c3)OC2=O)cc1. The van der Waals surface area contributed by atoms with Crippen LogP contribution in [0.15, 0.2) is 83.5 Å². The van der Waals surface area contributed by atoms with Crippen LogP contribution in [0, 0.1) is 10.1 Å². The number of aliphatic imine (C=N–C) groups is 1. The summed E-state index contributed by atoms with van der Waals surface area (Å²) in [5.74, 6) is -0.649. The molecule has 0 atom stereocenters. The first-order chi connectivity index (χ1) is 15.9. The number of halogens is 1. The lowest BCUT2D eigenvalue weighted by molar-refractivity contribution is -0.384. The zero-order valence-electron chi connectivity index (χ0n) is 17.8. The van der Waals surface area contributed by atoms with Gasteiger partial charge in [0.2, 0.25) is 5.90 Å². The Balaban J connectivity index is 1.55. The van der Waals surface area contributed by atoms with Gasteiger partial charge in [0, 0.05) is 41.5 Å². The number of nitro benzene ring substituents is 1. The number of nitrogens with zero attached hydrogens (tertiary/aromatic N) is 3. The topological polar surface area (TPSA) is 85.0 Å². The molecule has 33 heavy (non-hydrogen) atoms. The molecule has 0 saturated heterocycles. The first kappa shape index (κ1) is 22.2. The van der Waals surface area contributed by atoms with Gasteiger partial charge in [-0.3, -0.25) is 10.1 Å². The van der Waals surface area contributed by atoms with Crippen LogP contribution in [0.2, 0.25) is 5.02 Å². The van der Waals surface area contributed by atoms with Gasteiger partial charge in [-0.1, -0.05) is 54.1 Å². The second-order valence-electron chi connectivity index (χ2n) is 7.38. The molecule has 1 aliphatic heterocycles. The van der Waals surface area contributed by atoms with Gasteiger partial charge in [0.15, 0.2) is 5.70 Å². The summed E-state index contributed by atoms with van der Waals surface area (Å²) >= 11 is 5.96. The number of benzene rings is 3. The van der Waals surface area contributed by atoms with Crippen molar-refractivity contribution in [2.45, 2.75) is 13.5 Å². The third-order valence-corrected chi connectivity index (χ3v) is 5.34. The number of cyclic esters (lactones) is 1. The zero-order chi connectivity index (χ0) is 23.4. The van der Waals surface area contributed by atoms with Crippen molar-refractivity contribution < 1.29 is 14.5 Å². The van der Waals surface area contributed by atoms with Crippen LogP contribution in [0.1, 0.15) is 23.6 Å². The second-order valence-corrected chi connectivity index (χ2v) is 7.82. The quantitative estimate of drug-likeness (QED) is 0.197. The number of esters is 1. The number of hydrogen-bond donors (Lipinski definition) is 0. The fourth-order valence-corrected chi connectivity index (χ4v) is 3.69. The highest BCUT2D eigenvalue weighted by Gasteiger charge is 2.26. The van der Waals surface area contributed by atoms with E-state index in [-0.39, 0.29) is 27.9 Å². The molecule has 0 fully saturated rings. The van der Waals surface area contributed by atoms with Crippen LogP contribution in [0.4, 0.5) is 11.4 Å². The Morgan fingerprint density at radius 1 is 1.09 bits per heavy atom. The van der Waals surface area contributed by atoms with Crippen molar-refractivity contribution in [1.82, 2.24) is 0 Å². The molecule has 0 bridgehead atoms. The highest BCUT2D eigenvalue weighted by molar-refractivity contribution is 6.31. The minimum absolute atomic E-state index is 0.0199. The highest BCUT2D eigenvalue weighted by Crippen LogP contribution is 2.26. The van der Waals surface area contributed by atoms with Crippen molar-refractivity contribution in [2.75, 3.05) is 11.4 Å². The smallest absolute Gasteiger partial charge is 0.363 e. The summed E-state index contributed by atoms with van der Waals surface area (Å²) in [6, 6.07) is 22.0. The van der Waals surface area contributed by atoms with E-state index in [0.717, 1.165) is 24.3 Å². The third kappa shape index (κ3) is 5.27. The van der Waals surface area contributed by atoms with E-state index in [1.54, 1.807) is 6.08 Å². The van der Waals surface area contributed by atoms with E-state index in [4.69, 9.17) is 16.3 Å². The summed E-state index contributed by atoms with van der Waals surface area (Å²) in [6.45, 7) is 3.74. The molecule has 0 saturated carbocycles. The van der Waals surface area contributed by atoms with Crippen LogP contribution in [0.3, 0.4) is 0 Å². The van der Waals surface area contributed by atoms with E-state index in [0.29, 0.717) is 0 Å². The molecule has 3 aromatic rings. The van der Waals surface area contributed by atoms with Crippen LogP contribution in [-0.2, 0) is 16.1 Å². The number of non-ortho nitro benzene ring substituents is 1. The summed E-state index contributed by atoms with van der Waals surface area (Å²) in [6.07, 6.45) is 1.62. The number of rotatable bonds is 7. The lowest BCUT2D eigenvalue weighted by atomic mass is 10.1. The molecule has 1 aliphatic rings. The molecular weight excluding hydrogens is 442 g/mol. The summed E-state index contributed by atoms with van der Waals surface area (Å²) in [7, 11) is 0. The first-order valence-corrected chi connectivity index (χ1v) is 10.7. The van der Waals surface area contributed by atoms with E-state index in [1.165, 1.54) is 23.8 Å². The van der Waals surface area contributed by atoms with E-state index in [2.05, 4.69) is 28.9 Å². The molecule has 0 aromatic heterocycles. The van der Waals surface area contributed by atoms with Crippen molar-refractivity contribution in [3.05, 3.63) is 110 Å². The largest absolute Gasteiger partial charge is 0.402 e. The molecule has 0 N–H and O–H groups in total. The van der Waals surface area contributed by atoms with E-state index < -0.39 is 10.9 Å². The van der Waals surface area contributed by atoms with Crippen molar-refractivity contribution in [2.24, 2.45) is 4.99 Å². The number of nitro groups is 1. The van der Waals surface area contributed by atoms with Gasteiger partial charge in [0.05, 0.1) is 4.92 Å². The molecule has 0 unspecified atom stereocenters. The summed E-state index contributed by atoms with van der Waals surface area (Å²) in [5.41, 5.74) is 3.23. The number of anilines is 1. The van der Waals surface area contributed by atoms with E-state index >= 15 is 0 Å². The standard InChI is InChI=1S/C25H20ClN3O4/c1-2-28(16-18-6-4-3-5-7-18)21-10-8-17(9-11-21)12-23-25(30)33-24(27-23)19-13-20(26)15-22(14-19)29(31)32/h3-15H,2,16H2,1H3/b23-12-. The van der Waals surface area contributed by atoms with E-state index in [9.17, 15) is 14.9 Å². The molecule has 0 spiro atoms. The summed E-state index contributed by atoms with van der Waals surface area (Å²) < 4.78 is 5.22. The molecule has 0 radical (unpaired) electrons. The van der Waals surface area contributed by atoms with Crippen LogP contribution < -0.4 is 4.90 Å². The Morgan fingerprint density at radius 3 is 2.48 bits per heavy atom. The first-order valence-electron chi connectivity index (χ1n) is 10.3. The fourth-order valence-electron chi connectivity index (χ4n) is 3.46. The minimum atomic E-state index is -0.629. The summed E-state index contributed by atoms with van der Waals surface area (Å²) in [4.78, 5) is 29.3. The lowest BCUT2D eigenvalue weighted by Crippen LogP contribution is -2.21. The normalized spacial score (nSPS) is 14.2. The molecule has 1 heterocycles. The Kier molecular flexibility index (Phi) is 6.51. The number of hydrogen-bond acceptors (Lipinski definition) is 6. The average molecular weight is 462 g/mol. The Hall–Kier alpha value is -3.97. The van der Waals surface area contributed by atoms with Gasteiger partial charge in [-0.25, -0.2) is 9.79 Å². The zero-order valence-corrected chi connectivity index (χ0v) is 18.5. The monoisotopic (exact) mass is 461 g/mol. The van der Waals surface area contributed by atoms with Gasteiger partial charge < -0.3 is 9.64 Å². The number of ether oxygens (including phenoxy) is 1. The molecule has 7 nitrogen and oxygen atoms in total. The van der Waals surface area contributed by atoms with Crippen LogP contribution >= 0.6 is 11.6 Å². The molecule has 4 rings (SSSR count). The molecule has 166 valence electrons. The number of carbonyl (C=O) groups is 1. The van der Waals surface area contributed by atoms with Gasteiger partial charge in [-0.05, 0) is 42.3 Å². The van der Waals surface area contributed by atoms with Crippen molar-refractivity contribution >= 4 is 40.9 Å². The van der Waals surface area contributed by atoms with Crippen molar-refractivity contribution in [1.29, 1.82) is 0 Å². The van der Waals surface area contributed by atoms with Crippen molar-refractivity contribution in [3.8, 4) is 0 Å². The van der Waals surface area contributed by atoms with E-state index in [1.807, 2.05) is 42.5 Å². The maximum absolute atomic E-state index is 12.3. The minimum Gasteiger partial charge on any atom is -0.402 e. The maximum atomic E-state index is 12.3. The second kappa shape index (κ2) is 9.67.